The van der Waals surface area contributed by atoms with Crippen LogP contribution in [0.1, 0.15) is 52.4 Å². The lowest BCUT2D eigenvalue weighted by Crippen LogP contribution is -2.43. The van der Waals surface area contributed by atoms with E-state index in [4.69, 9.17) is 10.9 Å². The Morgan fingerprint density at radius 2 is 2.11 bits per heavy atom. The van der Waals surface area contributed by atoms with Crippen molar-refractivity contribution in [3.63, 3.8) is 0 Å². The van der Waals surface area contributed by atoms with Gasteiger partial charge in [0.25, 0.3) is 0 Å². The highest BCUT2D eigenvalue weighted by atomic mass is 16.4. The molecule has 0 amide bonds. The Kier molecular flexibility index (Phi) is 4.15. The van der Waals surface area contributed by atoms with E-state index in [9.17, 15) is 0 Å². The number of nitrogens with one attached hydrogen (secondary N) is 1. The number of hydrogen-bond donors (Lipinski definition) is 3. The van der Waals surface area contributed by atoms with Crippen molar-refractivity contribution in [2.24, 2.45) is 28.1 Å². The van der Waals surface area contributed by atoms with E-state index in [2.05, 4.69) is 24.3 Å². The third kappa shape index (κ3) is 3.16. The zero-order valence-corrected chi connectivity index (χ0v) is 11.7. The Balaban J connectivity index is 1.80. The van der Waals surface area contributed by atoms with E-state index in [1.165, 1.54) is 32.1 Å². The van der Waals surface area contributed by atoms with Crippen molar-refractivity contribution < 1.29 is 5.21 Å². The van der Waals surface area contributed by atoms with Crippen molar-refractivity contribution in [2.75, 3.05) is 6.54 Å². The largest absolute Gasteiger partial charge is 0.409 e. The van der Waals surface area contributed by atoms with Crippen molar-refractivity contribution in [1.82, 2.24) is 5.32 Å². The maximum absolute atomic E-state index is 8.66. The minimum Gasteiger partial charge on any atom is -0.409 e. The first-order chi connectivity index (χ1) is 8.56. The molecule has 4 heteroatoms. The summed E-state index contributed by atoms with van der Waals surface area (Å²) < 4.78 is 0. The van der Waals surface area contributed by atoms with Gasteiger partial charge in [-0.2, -0.15) is 0 Å². The minimum atomic E-state index is 0.275. The summed E-state index contributed by atoms with van der Waals surface area (Å²) in [6, 6.07) is 0.651. The molecular formula is C14H27N3O. The average Bonchev–Trinajstić information content (AvgIpc) is 3.11. The Morgan fingerprint density at radius 1 is 1.39 bits per heavy atom. The number of rotatable bonds is 5. The third-order valence-electron chi connectivity index (χ3n) is 5.09. The summed E-state index contributed by atoms with van der Waals surface area (Å²) in [5.41, 5.74) is 5.90. The number of amidine groups is 1. The summed E-state index contributed by atoms with van der Waals surface area (Å²) in [6.07, 6.45) is 7.14. The van der Waals surface area contributed by atoms with Crippen LogP contribution in [0.15, 0.2) is 5.16 Å². The molecule has 0 spiro atoms. The first-order valence-corrected chi connectivity index (χ1v) is 7.26. The highest BCUT2D eigenvalue weighted by molar-refractivity contribution is 5.80. The molecule has 4 N–H and O–H groups in total. The monoisotopic (exact) mass is 253 g/mol. The first kappa shape index (κ1) is 13.7. The Labute approximate surface area is 110 Å². The second kappa shape index (κ2) is 5.47. The smallest absolute Gasteiger partial charge is 0.139 e. The zero-order valence-electron chi connectivity index (χ0n) is 11.7. The van der Waals surface area contributed by atoms with Gasteiger partial charge in [-0.25, -0.2) is 0 Å². The van der Waals surface area contributed by atoms with E-state index in [0.29, 0.717) is 11.9 Å². The van der Waals surface area contributed by atoms with Gasteiger partial charge in [0.1, 0.15) is 5.84 Å². The predicted molar refractivity (Wildman–Crippen MR) is 73.7 cm³/mol. The van der Waals surface area contributed by atoms with Crippen LogP contribution >= 0.6 is 0 Å². The van der Waals surface area contributed by atoms with Crippen LogP contribution in [0.2, 0.25) is 0 Å². The van der Waals surface area contributed by atoms with Gasteiger partial charge in [-0.3, -0.25) is 0 Å². The van der Waals surface area contributed by atoms with Crippen LogP contribution in [-0.4, -0.2) is 23.6 Å². The molecule has 0 aromatic carbocycles. The number of oxime groups is 1. The molecule has 0 aromatic heterocycles. The Bertz CT molecular complexity index is 312. The topological polar surface area (TPSA) is 70.6 Å². The lowest BCUT2D eigenvalue weighted by Gasteiger charge is -2.35. The molecule has 2 aliphatic rings. The van der Waals surface area contributed by atoms with E-state index in [0.717, 1.165) is 24.8 Å². The summed E-state index contributed by atoms with van der Waals surface area (Å²) in [5.74, 6) is 1.97. The molecule has 0 aromatic rings. The molecule has 0 radical (unpaired) electrons. The van der Waals surface area contributed by atoms with Crippen LogP contribution in [0.25, 0.3) is 0 Å². The van der Waals surface area contributed by atoms with Crippen molar-refractivity contribution in [3.8, 4) is 0 Å². The van der Waals surface area contributed by atoms with E-state index in [-0.39, 0.29) is 5.41 Å². The molecule has 0 saturated heterocycles. The molecule has 0 heterocycles. The maximum atomic E-state index is 8.66. The fourth-order valence-electron chi connectivity index (χ4n) is 3.23. The van der Waals surface area contributed by atoms with Crippen LogP contribution in [0.5, 0.6) is 0 Å². The summed E-state index contributed by atoms with van der Waals surface area (Å²) in [5, 5.41) is 15.5. The van der Waals surface area contributed by atoms with Gasteiger partial charge in [0.2, 0.25) is 0 Å². The predicted octanol–water partition coefficient (Wildman–Crippen LogP) is 2.32. The normalized spacial score (nSPS) is 35.4. The molecule has 0 aliphatic heterocycles. The Hall–Kier alpha value is -0.770. The number of nitrogens with two attached hydrogens (primary N) is 1. The van der Waals surface area contributed by atoms with Gasteiger partial charge in [-0.15, -0.1) is 0 Å². The van der Waals surface area contributed by atoms with Gasteiger partial charge in [0.15, 0.2) is 0 Å². The Morgan fingerprint density at radius 3 is 2.72 bits per heavy atom. The summed E-state index contributed by atoms with van der Waals surface area (Å²) >= 11 is 0. The van der Waals surface area contributed by atoms with Gasteiger partial charge >= 0.3 is 0 Å². The van der Waals surface area contributed by atoms with Crippen molar-refractivity contribution >= 4 is 5.84 Å². The van der Waals surface area contributed by atoms with Crippen LogP contribution in [0, 0.1) is 17.3 Å². The molecule has 3 unspecified atom stereocenters. The maximum Gasteiger partial charge on any atom is 0.139 e. The molecule has 3 atom stereocenters. The quantitative estimate of drug-likeness (QED) is 0.305. The summed E-state index contributed by atoms with van der Waals surface area (Å²) in [7, 11) is 0. The fraction of sp³-hybridized carbons (Fsp3) is 0.929. The van der Waals surface area contributed by atoms with Gasteiger partial charge in [-0.1, -0.05) is 31.8 Å². The fourth-order valence-corrected chi connectivity index (χ4v) is 3.23. The molecule has 0 bridgehead atoms. The second-order valence-corrected chi connectivity index (χ2v) is 6.52. The number of nitrogens with zero attached hydrogens (tertiary/aromatic N) is 1. The van der Waals surface area contributed by atoms with Crippen molar-refractivity contribution in [2.45, 2.75) is 58.4 Å². The first-order valence-electron chi connectivity index (χ1n) is 7.26. The van der Waals surface area contributed by atoms with Gasteiger partial charge in [0, 0.05) is 19.0 Å². The summed E-state index contributed by atoms with van der Waals surface area (Å²) in [4.78, 5) is 0. The molecule has 2 saturated carbocycles. The standard InChI is InChI=1S/C14H27N3O/c1-10-4-3-5-12(11(10)2)16-9-14(6-7-14)8-13(15)17-18/h10-12,16,18H,3-9H2,1-2H3,(H2,15,17). The van der Waals surface area contributed by atoms with Gasteiger partial charge in [-0.05, 0) is 36.5 Å². The summed E-state index contributed by atoms with van der Waals surface area (Å²) in [6.45, 7) is 5.75. The second-order valence-electron chi connectivity index (χ2n) is 6.52. The molecular weight excluding hydrogens is 226 g/mol. The van der Waals surface area contributed by atoms with Crippen LogP contribution in [0.3, 0.4) is 0 Å². The van der Waals surface area contributed by atoms with Gasteiger partial charge in [0.05, 0.1) is 0 Å². The molecule has 2 rings (SSSR count). The SMILES string of the molecule is CC1CCCC(NCC2(CC(N)=NO)CC2)C1C. The lowest BCUT2D eigenvalue weighted by atomic mass is 9.78. The van der Waals surface area contributed by atoms with Crippen LogP contribution in [0.4, 0.5) is 0 Å². The highest BCUT2D eigenvalue weighted by Gasteiger charge is 2.43. The minimum absolute atomic E-state index is 0.275. The highest BCUT2D eigenvalue weighted by Crippen LogP contribution is 2.48. The van der Waals surface area contributed by atoms with Gasteiger partial charge < -0.3 is 16.3 Å². The molecule has 104 valence electrons. The van der Waals surface area contributed by atoms with Crippen LogP contribution < -0.4 is 11.1 Å². The molecule has 2 fully saturated rings. The van der Waals surface area contributed by atoms with Crippen molar-refractivity contribution in [1.29, 1.82) is 0 Å². The molecule has 2 aliphatic carbocycles. The van der Waals surface area contributed by atoms with Crippen molar-refractivity contribution in [3.05, 3.63) is 0 Å². The van der Waals surface area contributed by atoms with Crippen LogP contribution in [-0.2, 0) is 0 Å². The third-order valence-corrected chi connectivity index (χ3v) is 5.09. The zero-order chi connectivity index (χ0) is 13.2. The van der Waals surface area contributed by atoms with E-state index >= 15 is 0 Å². The number of hydrogen-bond acceptors (Lipinski definition) is 3. The molecule has 4 nitrogen and oxygen atoms in total. The lowest BCUT2D eigenvalue weighted by molar-refractivity contribution is 0.199. The molecule has 18 heavy (non-hydrogen) atoms. The van der Waals surface area contributed by atoms with E-state index in [1.54, 1.807) is 0 Å². The average molecular weight is 253 g/mol. The van der Waals surface area contributed by atoms with E-state index in [1.807, 2.05) is 0 Å². The van der Waals surface area contributed by atoms with E-state index < -0.39 is 0 Å².